The van der Waals surface area contributed by atoms with Crippen LogP contribution < -0.4 is 5.32 Å². The summed E-state index contributed by atoms with van der Waals surface area (Å²) in [6.45, 7) is 6.04. The standard InChI is InChI=1S/C21H24F2N2OS/c1-21(2,26)10-9-17-6-7-18(27-17)14-25-11-3-4-16(13-25)24-15-5-8-19(22)20(23)12-15/h5-8,12,16,24,26H,3-4,11,13-14H2,1-2H3/t16-/m0/s1. The Hall–Kier alpha value is -1.94. The molecule has 0 spiro atoms. The summed E-state index contributed by atoms with van der Waals surface area (Å²) in [7, 11) is 0. The third-order valence-corrected chi connectivity index (χ3v) is 5.31. The maximum Gasteiger partial charge on any atom is 0.160 e. The Morgan fingerprint density at radius 2 is 2.07 bits per heavy atom. The van der Waals surface area contributed by atoms with Crippen molar-refractivity contribution in [2.45, 2.75) is 44.9 Å². The molecule has 2 heterocycles. The number of likely N-dealkylation sites (tertiary alicyclic amines) is 1. The summed E-state index contributed by atoms with van der Waals surface area (Å²) in [5, 5.41) is 13.0. The number of hydrogen-bond acceptors (Lipinski definition) is 4. The lowest BCUT2D eigenvalue weighted by atomic mass is 10.1. The van der Waals surface area contributed by atoms with Gasteiger partial charge >= 0.3 is 0 Å². The van der Waals surface area contributed by atoms with E-state index in [1.807, 2.05) is 6.07 Å². The molecule has 0 unspecified atom stereocenters. The smallest absolute Gasteiger partial charge is 0.160 e. The second-order valence-corrected chi connectivity index (χ2v) is 8.59. The fourth-order valence-electron chi connectivity index (χ4n) is 3.10. The van der Waals surface area contributed by atoms with Crippen LogP contribution in [0.4, 0.5) is 14.5 Å². The van der Waals surface area contributed by atoms with Crippen LogP contribution in [0, 0.1) is 23.5 Å². The predicted molar refractivity (Wildman–Crippen MR) is 106 cm³/mol. The van der Waals surface area contributed by atoms with E-state index in [-0.39, 0.29) is 6.04 Å². The predicted octanol–water partition coefficient (Wildman–Crippen LogP) is 4.23. The van der Waals surface area contributed by atoms with Gasteiger partial charge in [0.15, 0.2) is 11.6 Å². The third-order valence-electron chi connectivity index (χ3n) is 4.33. The summed E-state index contributed by atoms with van der Waals surface area (Å²) in [6.07, 6.45) is 2.06. The highest BCUT2D eigenvalue weighted by Crippen LogP contribution is 2.22. The largest absolute Gasteiger partial charge is 0.381 e. The maximum atomic E-state index is 13.4. The topological polar surface area (TPSA) is 35.5 Å². The molecule has 3 rings (SSSR count). The number of nitrogens with one attached hydrogen (secondary N) is 1. The summed E-state index contributed by atoms with van der Waals surface area (Å²) >= 11 is 1.64. The summed E-state index contributed by atoms with van der Waals surface area (Å²) < 4.78 is 26.5. The van der Waals surface area contributed by atoms with Crippen LogP contribution in [-0.2, 0) is 6.54 Å². The molecule has 1 atom stereocenters. The lowest BCUT2D eigenvalue weighted by Crippen LogP contribution is -2.41. The number of halogens is 2. The number of anilines is 1. The van der Waals surface area contributed by atoms with Crippen LogP contribution in [0.5, 0.6) is 0 Å². The molecule has 1 fully saturated rings. The number of nitrogens with zero attached hydrogens (tertiary/aromatic N) is 1. The molecule has 2 aromatic rings. The van der Waals surface area contributed by atoms with Crippen molar-refractivity contribution in [3.8, 4) is 11.8 Å². The SMILES string of the molecule is CC(C)(O)C#Cc1ccc(CN2CCC[C@H](Nc3ccc(F)c(F)c3)C2)s1. The van der Waals surface area contributed by atoms with Crippen molar-refractivity contribution < 1.29 is 13.9 Å². The number of hydrogen-bond donors (Lipinski definition) is 2. The zero-order valence-corrected chi connectivity index (χ0v) is 16.4. The molecule has 2 N–H and O–H groups in total. The molecule has 1 saturated heterocycles. The molecule has 1 aromatic carbocycles. The van der Waals surface area contributed by atoms with Crippen molar-refractivity contribution in [2.75, 3.05) is 18.4 Å². The molecule has 0 saturated carbocycles. The Bertz CT molecular complexity index is 848. The average Bonchev–Trinajstić information content (AvgIpc) is 3.04. The molecule has 1 aliphatic heterocycles. The highest BCUT2D eigenvalue weighted by atomic mass is 32.1. The van der Waals surface area contributed by atoms with Crippen LogP contribution in [0.15, 0.2) is 30.3 Å². The molecule has 1 aliphatic rings. The van der Waals surface area contributed by atoms with Crippen molar-refractivity contribution in [1.82, 2.24) is 4.90 Å². The van der Waals surface area contributed by atoms with Gasteiger partial charge in [0.05, 0.1) is 4.88 Å². The Kier molecular flexibility index (Phi) is 6.15. The third kappa shape index (κ3) is 6.03. The first-order valence-corrected chi connectivity index (χ1v) is 9.88. The molecule has 27 heavy (non-hydrogen) atoms. The first-order valence-electron chi connectivity index (χ1n) is 9.07. The minimum Gasteiger partial charge on any atom is -0.381 e. The molecular weight excluding hydrogens is 366 g/mol. The Balaban J connectivity index is 1.57. The molecule has 0 radical (unpaired) electrons. The lowest BCUT2D eigenvalue weighted by Gasteiger charge is -2.33. The Morgan fingerprint density at radius 1 is 1.26 bits per heavy atom. The van der Waals surface area contributed by atoms with Gasteiger partial charge in [-0.05, 0) is 57.5 Å². The van der Waals surface area contributed by atoms with E-state index in [1.54, 1.807) is 31.3 Å². The summed E-state index contributed by atoms with van der Waals surface area (Å²) in [5.74, 6) is 4.19. The van der Waals surface area contributed by atoms with Crippen molar-refractivity contribution in [2.24, 2.45) is 0 Å². The van der Waals surface area contributed by atoms with E-state index >= 15 is 0 Å². The van der Waals surface area contributed by atoms with Crippen molar-refractivity contribution in [1.29, 1.82) is 0 Å². The maximum absolute atomic E-state index is 13.4. The molecule has 144 valence electrons. The minimum atomic E-state index is -0.990. The van der Waals surface area contributed by atoms with Crippen LogP contribution in [0.3, 0.4) is 0 Å². The first-order chi connectivity index (χ1) is 12.8. The normalized spacial score (nSPS) is 18.0. The van der Waals surface area contributed by atoms with Gasteiger partial charge in [-0.1, -0.05) is 11.8 Å². The molecule has 6 heteroatoms. The highest BCUT2D eigenvalue weighted by Gasteiger charge is 2.20. The summed E-state index contributed by atoms with van der Waals surface area (Å²) in [6, 6.07) is 8.20. The minimum absolute atomic E-state index is 0.207. The van der Waals surface area contributed by atoms with E-state index in [0.717, 1.165) is 43.4 Å². The van der Waals surface area contributed by atoms with Crippen molar-refractivity contribution in [3.63, 3.8) is 0 Å². The van der Waals surface area contributed by atoms with Crippen LogP contribution in [0.2, 0.25) is 0 Å². The molecule has 0 bridgehead atoms. The van der Waals surface area contributed by atoms with E-state index in [0.29, 0.717) is 5.69 Å². The van der Waals surface area contributed by atoms with E-state index < -0.39 is 17.2 Å². The lowest BCUT2D eigenvalue weighted by molar-refractivity contribution is 0.143. The fraction of sp³-hybridized carbons (Fsp3) is 0.429. The van der Waals surface area contributed by atoms with Gasteiger partial charge in [0, 0.05) is 35.8 Å². The summed E-state index contributed by atoms with van der Waals surface area (Å²) in [5.41, 5.74) is -0.378. The number of rotatable bonds is 4. The number of piperidine rings is 1. The Morgan fingerprint density at radius 3 is 2.81 bits per heavy atom. The molecule has 0 aliphatic carbocycles. The zero-order chi connectivity index (χ0) is 19.4. The first kappa shape index (κ1) is 19.8. The number of benzene rings is 1. The second-order valence-electron chi connectivity index (χ2n) is 7.42. The van der Waals surface area contributed by atoms with Crippen LogP contribution in [-0.4, -0.2) is 34.7 Å². The number of thiophene rings is 1. The molecule has 0 amide bonds. The van der Waals surface area contributed by atoms with Crippen LogP contribution in [0.25, 0.3) is 0 Å². The van der Waals surface area contributed by atoms with E-state index in [1.165, 1.54) is 10.9 Å². The van der Waals surface area contributed by atoms with Gasteiger partial charge in [-0.25, -0.2) is 8.78 Å². The number of aliphatic hydroxyl groups is 1. The van der Waals surface area contributed by atoms with Gasteiger partial charge < -0.3 is 10.4 Å². The van der Waals surface area contributed by atoms with E-state index in [4.69, 9.17) is 0 Å². The van der Waals surface area contributed by atoms with E-state index in [9.17, 15) is 13.9 Å². The Labute approximate surface area is 163 Å². The highest BCUT2D eigenvalue weighted by molar-refractivity contribution is 7.12. The quantitative estimate of drug-likeness (QED) is 0.767. The zero-order valence-electron chi connectivity index (χ0n) is 15.6. The monoisotopic (exact) mass is 390 g/mol. The van der Waals surface area contributed by atoms with Gasteiger partial charge in [0.2, 0.25) is 0 Å². The van der Waals surface area contributed by atoms with Crippen molar-refractivity contribution >= 4 is 17.0 Å². The van der Waals surface area contributed by atoms with Gasteiger partial charge in [-0.2, -0.15) is 0 Å². The van der Waals surface area contributed by atoms with Gasteiger partial charge in [0.25, 0.3) is 0 Å². The average molecular weight is 390 g/mol. The summed E-state index contributed by atoms with van der Waals surface area (Å²) in [4.78, 5) is 4.53. The van der Waals surface area contributed by atoms with Crippen LogP contribution >= 0.6 is 11.3 Å². The van der Waals surface area contributed by atoms with Gasteiger partial charge in [-0.3, -0.25) is 4.90 Å². The van der Waals surface area contributed by atoms with Gasteiger partial charge in [0.1, 0.15) is 5.60 Å². The van der Waals surface area contributed by atoms with E-state index in [2.05, 4.69) is 28.1 Å². The fourth-order valence-corrected chi connectivity index (χ4v) is 4.01. The molecule has 1 aromatic heterocycles. The van der Waals surface area contributed by atoms with Gasteiger partial charge in [-0.15, -0.1) is 11.3 Å². The van der Waals surface area contributed by atoms with Crippen molar-refractivity contribution in [3.05, 3.63) is 51.7 Å². The van der Waals surface area contributed by atoms with Crippen LogP contribution in [0.1, 0.15) is 36.4 Å². The second kappa shape index (κ2) is 8.39. The molecular formula is C21H24F2N2OS. The molecule has 3 nitrogen and oxygen atoms in total.